The Morgan fingerprint density at radius 2 is 1.54 bits per heavy atom. The molecule has 190 valence electrons. The molecule has 0 bridgehead atoms. The van der Waals surface area contributed by atoms with Gasteiger partial charge in [0.05, 0.1) is 31.4 Å². The fourth-order valence-corrected chi connectivity index (χ4v) is 6.18. The third-order valence-electron chi connectivity index (χ3n) is 8.13. The first-order valence-corrected chi connectivity index (χ1v) is 13.4. The van der Waals surface area contributed by atoms with Gasteiger partial charge in [0.25, 0.3) is 0 Å². The predicted molar refractivity (Wildman–Crippen MR) is 130 cm³/mol. The number of carbonyl (C=O) groups excluding carboxylic acids is 2. The number of nitrogens with two attached hydrogens (primary N) is 1. The van der Waals surface area contributed by atoms with Crippen molar-refractivity contribution in [3.63, 3.8) is 0 Å². The summed E-state index contributed by atoms with van der Waals surface area (Å²) in [5, 5.41) is 0.212. The molecule has 3 atom stereocenters. The van der Waals surface area contributed by atoms with Gasteiger partial charge in [-0.2, -0.15) is 9.97 Å². The molecule has 3 aliphatic carbocycles. The van der Waals surface area contributed by atoms with Gasteiger partial charge in [-0.05, 0) is 32.1 Å². The maximum absolute atomic E-state index is 12.7. The van der Waals surface area contributed by atoms with E-state index in [1.54, 1.807) is 6.33 Å². The molecule has 0 unspecified atom stereocenters. The second-order valence-electron chi connectivity index (χ2n) is 10.4. The van der Waals surface area contributed by atoms with Crippen molar-refractivity contribution >= 4 is 40.7 Å². The van der Waals surface area contributed by atoms with Crippen molar-refractivity contribution in [1.29, 1.82) is 0 Å². The van der Waals surface area contributed by atoms with Gasteiger partial charge in [0.15, 0.2) is 10.8 Å². The van der Waals surface area contributed by atoms with Crippen LogP contribution in [0.4, 0.5) is 5.95 Å². The highest BCUT2D eigenvalue weighted by molar-refractivity contribution is 6.33. The van der Waals surface area contributed by atoms with Crippen molar-refractivity contribution < 1.29 is 19.1 Å². The Balaban J connectivity index is 1.28. The Morgan fingerprint density at radius 3 is 2.17 bits per heavy atom. The molecule has 0 aromatic carbocycles. The van der Waals surface area contributed by atoms with Gasteiger partial charge in [-0.15, -0.1) is 0 Å². The zero-order valence-electron chi connectivity index (χ0n) is 20.0. The van der Waals surface area contributed by atoms with Crippen LogP contribution in [0.1, 0.15) is 76.7 Å². The first-order valence-electron chi connectivity index (χ1n) is 13.0. The molecule has 3 fully saturated rings. The first-order chi connectivity index (χ1) is 17.0. The van der Waals surface area contributed by atoms with Gasteiger partial charge in [0, 0.05) is 17.9 Å². The summed E-state index contributed by atoms with van der Waals surface area (Å²) >= 11 is 6.22. The summed E-state index contributed by atoms with van der Waals surface area (Å²) in [6.07, 6.45) is 12.8. The highest BCUT2D eigenvalue weighted by Crippen LogP contribution is 2.46. The second kappa shape index (κ2) is 10.7. The van der Waals surface area contributed by atoms with E-state index in [-0.39, 0.29) is 59.4 Å². The average Bonchev–Trinajstić information content (AvgIpc) is 3.28. The summed E-state index contributed by atoms with van der Waals surface area (Å²) in [4.78, 5) is 38.1. The van der Waals surface area contributed by atoms with E-state index in [1.165, 1.54) is 12.8 Å². The van der Waals surface area contributed by atoms with Gasteiger partial charge in [-0.1, -0.05) is 50.1 Å². The Kier molecular flexibility index (Phi) is 7.41. The van der Waals surface area contributed by atoms with E-state index in [0.29, 0.717) is 17.8 Å². The Labute approximate surface area is 210 Å². The van der Waals surface area contributed by atoms with Gasteiger partial charge in [0.1, 0.15) is 5.52 Å². The van der Waals surface area contributed by atoms with Gasteiger partial charge in [-0.25, -0.2) is 4.98 Å². The highest BCUT2D eigenvalue weighted by Gasteiger charge is 2.45. The molecule has 2 aromatic rings. The maximum Gasteiger partial charge on any atom is 0.308 e. The van der Waals surface area contributed by atoms with Crippen LogP contribution in [0.25, 0.3) is 11.2 Å². The van der Waals surface area contributed by atoms with Crippen molar-refractivity contribution in [3.05, 3.63) is 11.5 Å². The predicted octanol–water partition coefficient (Wildman–Crippen LogP) is 4.49. The number of halogens is 1. The van der Waals surface area contributed by atoms with Crippen LogP contribution in [0.3, 0.4) is 0 Å². The first kappa shape index (κ1) is 24.3. The van der Waals surface area contributed by atoms with E-state index in [0.717, 1.165) is 57.8 Å². The number of nitrogens with zero attached hydrogens (tertiary/aromatic N) is 4. The lowest BCUT2D eigenvalue weighted by atomic mass is 9.69. The monoisotopic (exact) mass is 503 g/mol. The van der Waals surface area contributed by atoms with Crippen molar-refractivity contribution in [3.8, 4) is 0 Å². The lowest BCUT2D eigenvalue weighted by molar-refractivity contribution is -0.161. The number of nitrogen functional groups attached to an aromatic ring is 1. The molecule has 2 N–H and O–H groups in total. The number of esters is 2. The lowest BCUT2D eigenvalue weighted by Crippen LogP contribution is -2.44. The van der Waals surface area contributed by atoms with Crippen LogP contribution in [0.2, 0.25) is 5.15 Å². The molecule has 2 aromatic heterocycles. The van der Waals surface area contributed by atoms with E-state index in [9.17, 15) is 9.59 Å². The summed E-state index contributed by atoms with van der Waals surface area (Å²) in [7, 11) is 0. The third-order valence-corrected chi connectivity index (χ3v) is 8.40. The SMILES string of the molecule is Nc1nc(Cl)c2ncn([C@@H]3C[C@H](COC(=O)C4CCCCC4)[C@H]3COC(=O)C3CCCCC3)c2n1. The number of carbonyl (C=O) groups is 2. The summed E-state index contributed by atoms with van der Waals surface area (Å²) < 4.78 is 13.5. The zero-order valence-corrected chi connectivity index (χ0v) is 20.8. The van der Waals surface area contributed by atoms with E-state index < -0.39 is 0 Å². The maximum atomic E-state index is 12.7. The molecule has 2 heterocycles. The summed E-state index contributed by atoms with van der Waals surface area (Å²) in [5.74, 6) is -0.0357. The number of rotatable bonds is 7. The van der Waals surface area contributed by atoms with Crippen LogP contribution in [-0.4, -0.2) is 44.7 Å². The molecule has 0 amide bonds. The van der Waals surface area contributed by atoms with Crippen molar-refractivity contribution in [2.45, 2.75) is 76.7 Å². The summed E-state index contributed by atoms with van der Waals surface area (Å²) in [6.45, 7) is 0.613. The number of fused-ring (bicyclic) bond motifs is 1. The minimum Gasteiger partial charge on any atom is -0.465 e. The normalized spacial score (nSPS) is 25.8. The molecular weight excluding hydrogens is 470 g/mol. The lowest BCUT2D eigenvalue weighted by Gasteiger charge is -2.44. The van der Waals surface area contributed by atoms with Crippen LogP contribution in [-0.2, 0) is 19.1 Å². The minimum atomic E-state index is -0.113. The van der Waals surface area contributed by atoms with Crippen molar-refractivity contribution in [2.75, 3.05) is 18.9 Å². The number of hydrogen-bond donors (Lipinski definition) is 1. The van der Waals surface area contributed by atoms with E-state index >= 15 is 0 Å². The number of imidazole rings is 1. The quantitative estimate of drug-likeness (QED) is 0.433. The summed E-state index contributed by atoms with van der Waals surface area (Å²) in [6, 6.07) is -0.0112. The number of ether oxygens (including phenoxy) is 2. The zero-order chi connectivity index (χ0) is 24.4. The fourth-order valence-electron chi connectivity index (χ4n) is 5.96. The molecule has 5 rings (SSSR count). The fraction of sp³-hybridized carbons (Fsp3) is 0.720. The molecule has 3 saturated carbocycles. The Morgan fingerprint density at radius 1 is 0.943 bits per heavy atom. The largest absolute Gasteiger partial charge is 0.465 e. The number of anilines is 1. The van der Waals surface area contributed by atoms with Gasteiger partial charge >= 0.3 is 11.9 Å². The van der Waals surface area contributed by atoms with E-state index in [2.05, 4.69) is 15.0 Å². The van der Waals surface area contributed by atoms with Gasteiger partial charge < -0.3 is 19.8 Å². The molecule has 0 spiro atoms. The molecule has 0 radical (unpaired) electrons. The number of aromatic nitrogens is 4. The van der Waals surface area contributed by atoms with Crippen molar-refractivity contribution in [2.24, 2.45) is 23.7 Å². The Bertz CT molecular complexity index is 1060. The average molecular weight is 504 g/mol. The molecule has 3 aliphatic rings. The molecule has 0 aliphatic heterocycles. The Hall–Kier alpha value is -2.42. The molecule has 0 saturated heterocycles. The standard InChI is InChI=1S/C25H34ClN5O4/c26-21-20-22(30-25(27)29-21)31(14-28-20)19-11-17(12-34-23(32)15-7-3-1-4-8-15)18(19)13-35-24(33)16-9-5-2-6-10-16/h14-19H,1-13H2,(H2,27,29,30)/t17-,18-,19-/m1/s1. The molecular formula is C25H34ClN5O4. The van der Waals surface area contributed by atoms with Crippen molar-refractivity contribution in [1.82, 2.24) is 19.5 Å². The minimum absolute atomic E-state index is 0.00900. The number of hydrogen-bond acceptors (Lipinski definition) is 8. The van der Waals surface area contributed by atoms with E-state index in [1.807, 2.05) is 4.57 Å². The van der Waals surface area contributed by atoms with Crippen LogP contribution in [0.5, 0.6) is 0 Å². The molecule has 9 nitrogen and oxygen atoms in total. The second-order valence-corrected chi connectivity index (χ2v) is 10.7. The molecule has 10 heteroatoms. The smallest absolute Gasteiger partial charge is 0.308 e. The van der Waals surface area contributed by atoms with Gasteiger partial charge in [0.2, 0.25) is 5.95 Å². The topological polar surface area (TPSA) is 122 Å². The molecule has 35 heavy (non-hydrogen) atoms. The van der Waals surface area contributed by atoms with Crippen LogP contribution >= 0.6 is 11.6 Å². The third kappa shape index (κ3) is 5.25. The van der Waals surface area contributed by atoms with E-state index in [4.69, 9.17) is 26.8 Å². The van der Waals surface area contributed by atoms with Crippen LogP contribution in [0.15, 0.2) is 6.33 Å². The van der Waals surface area contributed by atoms with Gasteiger partial charge in [-0.3, -0.25) is 9.59 Å². The highest BCUT2D eigenvalue weighted by atomic mass is 35.5. The summed E-state index contributed by atoms with van der Waals surface area (Å²) in [5.41, 5.74) is 6.89. The van der Waals surface area contributed by atoms with Crippen LogP contribution < -0.4 is 5.73 Å². The van der Waals surface area contributed by atoms with Crippen LogP contribution in [0, 0.1) is 23.7 Å².